The second-order valence-electron chi connectivity index (χ2n) is 7.29. The monoisotopic (exact) mass is 494 g/mol. The van der Waals surface area contributed by atoms with E-state index in [4.69, 9.17) is 16.3 Å². The van der Waals surface area contributed by atoms with E-state index in [0.29, 0.717) is 10.2 Å². The Kier molecular flexibility index (Phi) is 6.05. The van der Waals surface area contributed by atoms with Gasteiger partial charge < -0.3 is 9.30 Å². The summed E-state index contributed by atoms with van der Waals surface area (Å²) < 4.78 is 7.11. The number of para-hydroxylation sites is 1. The third-order valence-corrected chi connectivity index (χ3v) is 7.62. The quantitative estimate of drug-likeness (QED) is 0.314. The van der Waals surface area contributed by atoms with Crippen molar-refractivity contribution in [2.24, 2.45) is 7.05 Å². The topological polar surface area (TPSA) is 60.3 Å². The molecule has 1 aliphatic heterocycles. The minimum atomic E-state index is -0.0507. The van der Waals surface area contributed by atoms with Gasteiger partial charge in [0.05, 0.1) is 24.2 Å². The number of thioether (sulfide) groups is 1. The maximum Gasteiger partial charge on any atom is 0.242 e. The average molecular weight is 495 g/mol. The summed E-state index contributed by atoms with van der Waals surface area (Å²) in [5, 5.41) is 9.89. The Morgan fingerprint density at radius 3 is 2.58 bits per heavy atom. The number of aromatic nitrogens is 3. The maximum absolute atomic E-state index is 13.4. The summed E-state index contributed by atoms with van der Waals surface area (Å²) in [5.41, 5.74) is 2.59. The first-order chi connectivity index (χ1) is 16.0. The Morgan fingerprint density at radius 2 is 1.79 bits per heavy atom. The highest BCUT2D eigenvalue weighted by atomic mass is 35.5. The molecule has 0 aliphatic carbocycles. The molecule has 9 heteroatoms. The van der Waals surface area contributed by atoms with E-state index in [1.807, 2.05) is 78.3 Å². The predicted octanol–water partition coefficient (Wildman–Crippen LogP) is 6.07. The Bertz CT molecular complexity index is 1340. The highest BCUT2D eigenvalue weighted by Crippen LogP contribution is 2.49. The van der Waals surface area contributed by atoms with Gasteiger partial charge >= 0.3 is 0 Å². The molecule has 1 aliphatic rings. The summed E-state index contributed by atoms with van der Waals surface area (Å²) in [6, 6.07) is 21.2. The number of benzene rings is 3. The third kappa shape index (κ3) is 4.21. The van der Waals surface area contributed by atoms with Crippen molar-refractivity contribution in [2.45, 2.75) is 14.9 Å². The molecule has 0 unspecified atom stereocenters. The zero-order valence-corrected chi connectivity index (χ0v) is 20.2. The lowest BCUT2D eigenvalue weighted by Gasteiger charge is -2.31. The van der Waals surface area contributed by atoms with Gasteiger partial charge in [-0.25, -0.2) is 0 Å². The molecular weight excluding hydrogens is 476 g/mol. The molecule has 0 N–H and O–H groups in total. The van der Waals surface area contributed by atoms with Gasteiger partial charge in [-0.05, 0) is 54.6 Å². The van der Waals surface area contributed by atoms with Crippen LogP contribution in [0.4, 0.5) is 11.4 Å². The molecule has 0 fully saturated rings. The number of ether oxygens (including phenoxy) is 1. The molecule has 0 spiro atoms. The average Bonchev–Trinajstić information content (AvgIpc) is 3.21. The van der Waals surface area contributed by atoms with E-state index in [1.165, 1.54) is 11.8 Å². The molecule has 6 nitrogen and oxygen atoms in total. The fourth-order valence-electron chi connectivity index (χ4n) is 3.62. The molecule has 3 aromatic carbocycles. The summed E-state index contributed by atoms with van der Waals surface area (Å²) in [6.45, 7) is 0. The van der Waals surface area contributed by atoms with Crippen molar-refractivity contribution in [1.29, 1.82) is 0 Å². The van der Waals surface area contributed by atoms with E-state index >= 15 is 0 Å². The molecule has 0 saturated heterocycles. The van der Waals surface area contributed by atoms with Crippen molar-refractivity contribution in [2.75, 3.05) is 17.8 Å². The SMILES string of the molecule is COc1ccc(-c2nnc(SCC(=O)N3c4ccccc4Sc4ccc(Cl)cc43)n2C)cc1. The van der Waals surface area contributed by atoms with Crippen LogP contribution in [0, 0.1) is 0 Å². The van der Waals surface area contributed by atoms with Crippen molar-refractivity contribution in [3.8, 4) is 17.1 Å². The molecule has 4 aromatic rings. The molecule has 166 valence electrons. The van der Waals surface area contributed by atoms with Gasteiger partial charge in [-0.1, -0.05) is 47.3 Å². The highest BCUT2D eigenvalue weighted by molar-refractivity contribution is 8.00. The minimum Gasteiger partial charge on any atom is -0.497 e. The number of anilines is 2. The number of rotatable bonds is 5. The number of methoxy groups -OCH3 is 1. The molecule has 0 saturated carbocycles. The number of fused-ring (bicyclic) bond motifs is 2. The number of carbonyl (C=O) groups is 1. The van der Waals surface area contributed by atoms with Gasteiger partial charge in [0.2, 0.25) is 5.91 Å². The highest BCUT2D eigenvalue weighted by Gasteiger charge is 2.28. The maximum atomic E-state index is 13.4. The van der Waals surface area contributed by atoms with E-state index in [9.17, 15) is 4.79 Å². The van der Waals surface area contributed by atoms with Crippen LogP contribution in [-0.4, -0.2) is 33.5 Å². The van der Waals surface area contributed by atoms with Crippen LogP contribution >= 0.6 is 35.1 Å². The fourth-order valence-corrected chi connectivity index (χ4v) is 5.58. The van der Waals surface area contributed by atoms with E-state index in [2.05, 4.69) is 10.2 Å². The summed E-state index contributed by atoms with van der Waals surface area (Å²) in [6.07, 6.45) is 0. The minimum absolute atomic E-state index is 0.0507. The summed E-state index contributed by atoms with van der Waals surface area (Å²) in [5.74, 6) is 1.66. The lowest BCUT2D eigenvalue weighted by atomic mass is 10.2. The molecule has 1 amide bonds. The van der Waals surface area contributed by atoms with Gasteiger partial charge in [-0.3, -0.25) is 9.69 Å². The van der Waals surface area contributed by atoms with Crippen molar-refractivity contribution in [1.82, 2.24) is 14.8 Å². The Balaban J connectivity index is 1.39. The zero-order valence-electron chi connectivity index (χ0n) is 17.9. The molecule has 0 bridgehead atoms. The smallest absolute Gasteiger partial charge is 0.242 e. The van der Waals surface area contributed by atoms with Gasteiger partial charge in [-0.15, -0.1) is 10.2 Å². The molecule has 0 atom stereocenters. The first kappa shape index (κ1) is 21.9. The number of nitrogens with zero attached hydrogens (tertiary/aromatic N) is 4. The number of carbonyl (C=O) groups excluding carboxylic acids is 1. The van der Waals surface area contributed by atoms with Crippen molar-refractivity contribution >= 4 is 52.4 Å². The van der Waals surface area contributed by atoms with Crippen molar-refractivity contribution in [3.63, 3.8) is 0 Å². The van der Waals surface area contributed by atoms with Crippen LogP contribution in [0.2, 0.25) is 5.02 Å². The second kappa shape index (κ2) is 9.13. The summed E-state index contributed by atoms with van der Waals surface area (Å²) >= 11 is 9.26. The largest absolute Gasteiger partial charge is 0.497 e. The van der Waals surface area contributed by atoms with Crippen LogP contribution in [-0.2, 0) is 11.8 Å². The Morgan fingerprint density at radius 1 is 1.03 bits per heavy atom. The predicted molar refractivity (Wildman–Crippen MR) is 133 cm³/mol. The van der Waals surface area contributed by atoms with Gasteiger partial charge in [0.15, 0.2) is 11.0 Å². The number of amides is 1. The van der Waals surface area contributed by atoms with E-state index in [-0.39, 0.29) is 11.7 Å². The van der Waals surface area contributed by atoms with Crippen LogP contribution in [0.3, 0.4) is 0 Å². The Labute approximate surface area is 204 Å². The fraction of sp³-hybridized carbons (Fsp3) is 0.125. The van der Waals surface area contributed by atoms with Gasteiger partial charge in [-0.2, -0.15) is 0 Å². The Hall–Kier alpha value is -2.94. The normalized spacial score (nSPS) is 12.3. The van der Waals surface area contributed by atoms with Crippen LogP contribution < -0.4 is 9.64 Å². The van der Waals surface area contributed by atoms with Gasteiger partial charge in [0.1, 0.15) is 5.75 Å². The molecule has 33 heavy (non-hydrogen) atoms. The van der Waals surface area contributed by atoms with Crippen LogP contribution in [0.15, 0.2) is 81.7 Å². The third-order valence-electron chi connectivity index (χ3n) is 5.25. The van der Waals surface area contributed by atoms with Crippen molar-refractivity contribution < 1.29 is 9.53 Å². The first-order valence-corrected chi connectivity index (χ1v) is 12.3. The van der Waals surface area contributed by atoms with Crippen LogP contribution in [0.1, 0.15) is 0 Å². The zero-order chi connectivity index (χ0) is 22.9. The molecule has 2 heterocycles. The standard InChI is InChI=1S/C24H19ClN4O2S2/c1-28-23(15-7-10-17(31-2)11-8-15)26-27-24(28)32-14-22(30)29-18-5-3-4-6-20(18)33-21-12-9-16(25)13-19(21)29/h3-13H,14H2,1-2H3. The van der Waals surface area contributed by atoms with Gasteiger partial charge in [0, 0.05) is 27.4 Å². The number of halogens is 1. The van der Waals surface area contributed by atoms with E-state index in [0.717, 1.165) is 38.3 Å². The molecule has 0 radical (unpaired) electrons. The molecule has 1 aromatic heterocycles. The lowest BCUT2D eigenvalue weighted by molar-refractivity contribution is -0.115. The van der Waals surface area contributed by atoms with E-state index in [1.54, 1.807) is 23.8 Å². The van der Waals surface area contributed by atoms with Gasteiger partial charge in [0.25, 0.3) is 0 Å². The molecule has 5 rings (SSSR count). The lowest BCUT2D eigenvalue weighted by Crippen LogP contribution is -2.30. The first-order valence-electron chi connectivity index (χ1n) is 10.1. The van der Waals surface area contributed by atoms with E-state index < -0.39 is 0 Å². The summed E-state index contributed by atoms with van der Waals surface area (Å²) in [4.78, 5) is 17.2. The van der Waals surface area contributed by atoms with Crippen LogP contribution in [0.5, 0.6) is 5.75 Å². The number of hydrogen-bond acceptors (Lipinski definition) is 6. The van der Waals surface area contributed by atoms with Crippen LogP contribution in [0.25, 0.3) is 11.4 Å². The van der Waals surface area contributed by atoms with Crippen molar-refractivity contribution in [3.05, 3.63) is 71.8 Å². The number of hydrogen-bond donors (Lipinski definition) is 0. The second-order valence-corrected chi connectivity index (χ2v) is 9.76. The summed E-state index contributed by atoms with van der Waals surface area (Å²) in [7, 11) is 3.53. The molecular formula is C24H19ClN4O2S2.